The van der Waals surface area contributed by atoms with Crippen LogP contribution in [-0.2, 0) is 0 Å². The summed E-state index contributed by atoms with van der Waals surface area (Å²) in [7, 11) is 3.50. The van der Waals surface area contributed by atoms with Crippen LogP contribution in [0.3, 0.4) is 0 Å². The molecule has 0 spiro atoms. The third-order valence-corrected chi connectivity index (χ3v) is 2.22. The number of allylic oxidation sites excluding steroid dienone is 2. The molecule has 0 heterocycles. The van der Waals surface area contributed by atoms with Crippen LogP contribution in [-0.4, -0.2) is 10.2 Å². The maximum atomic E-state index is 3.50. The first kappa shape index (κ1) is 7.07. The molecule has 9 heavy (non-hydrogen) atoms. The SMILES string of the molecule is [Si]CCC1CC=CCC1. The van der Waals surface area contributed by atoms with E-state index >= 15 is 0 Å². The number of rotatable bonds is 2. The van der Waals surface area contributed by atoms with Gasteiger partial charge in [0.05, 0.1) is 0 Å². The lowest BCUT2D eigenvalue weighted by molar-refractivity contribution is 0.465. The maximum absolute atomic E-state index is 3.50. The standard InChI is InChI=1S/C8H13Si/c9-7-6-8-4-2-1-3-5-8/h1-2,8H,3-7H2. The first-order chi connectivity index (χ1) is 4.43. The monoisotopic (exact) mass is 137 g/mol. The summed E-state index contributed by atoms with van der Waals surface area (Å²) in [6.07, 6.45) is 9.98. The second kappa shape index (κ2) is 3.88. The Bertz CT molecular complexity index is 96.7. The predicted octanol–water partition coefficient (Wildman–Crippen LogP) is 2.32. The van der Waals surface area contributed by atoms with Crippen LogP contribution in [0, 0.1) is 5.92 Å². The Balaban J connectivity index is 2.18. The van der Waals surface area contributed by atoms with Gasteiger partial charge in [0.15, 0.2) is 0 Å². The second-order valence-corrected chi connectivity index (χ2v) is 3.19. The van der Waals surface area contributed by atoms with Crippen molar-refractivity contribution in [2.24, 2.45) is 5.92 Å². The van der Waals surface area contributed by atoms with E-state index in [0.717, 1.165) is 5.92 Å². The molecule has 1 heteroatoms. The van der Waals surface area contributed by atoms with Gasteiger partial charge in [0.2, 0.25) is 0 Å². The van der Waals surface area contributed by atoms with Crippen LogP contribution in [0.4, 0.5) is 0 Å². The number of hydrogen-bond acceptors (Lipinski definition) is 0. The van der Waals surface area contributed by atoms with Crippen LogP contribution in [0.2, 0.25) is 6.04 Å². The quantitative estimate of drug-likeness (QED) is 0.405. The summed E-state index contributed by atoms with van der Waals surface area (Å²) in [5.74, 6) is 0.965. The molecule has 1 unspecified atom stereocenters. The van der Waals surface area contributed by atoms with Crippen LogP contribution in [0.5, 0.6) is 0 Å². The first-order valence-electron chi connectivity index (χ1n) is 3.73. The Morgan fingerprint density at radius 2 is 2.33 bits per heavy atom. The van der Waals surface area contributed by atoms with Gasteiger partial charge in [0.25, 0.3) is 0 Å². The lowest BCUT2D eigenvalue weighted by Crippen LogP contribution is -2.01. The summed E-state index contributed by atoms with van der Waals surface area (Å²) < 4.78 is 0. The highest BCUT2D eigenvalue weighted by Gasteiger charge is 2.06. The van der Waals surface area contributed by atoms with Gasteiger partial charge < -0.3 is 0 Å². The van der Waals surface area contributed by atoms with Crippen molar-refractivity contribution in [1.29, 1.82) is 0 Å². The van der Waals surface area contributed by atoms with E-state index in [0.29, 0.717) is 0 Å². The van der Waals surface area contributed by atoms with Gasteiger partial charge in [-0.2, -0.15) is 0 Å². The van der Waals surface area contributed by atoms with E-state index in [4.69, 9.17) is 0 Å². The van der Waals surface area contributed by atoms with E-state index < -0.39 is 0 Å². The molecular formula is C8H13Si. The molecule has 0 bridgehead atoms. The second-order valence-electron chi connectivity index (χ2n) is 2.69. The average molecular weight is 137 g/mol. The molecule has 0 N–H and O–H groups in total. The fourth-order valence-corrected chi connectivity index (χ4v) is 1.73. The fourth-order valence-electron chi connectivity index (χ4n) is 1.32. The Morgan fingerprint density at radius 3 is 2.89 bits per heavy atom. The molecule has 0 aromatic heterocycles. The third-order valence-electron chi connectivity index (χ3n) is 1.93. The van der Waals surface area contributed by atoms with Gasteiger partial charge in [-0.25, -0.2) is 0 Å². The van der Waals surface area contributed by atoms with Crippen LogP contribution in [0.1, 0.15) is 25.7 Å². The van der Waals surface area contributed by atoms with E-state index in [9.17, 15) is 0 Å². The molecule has 1 rings (SSSR count). The summed E-state index contributed by atoms with van der Waals surface area (Å²) in [4.78, 5) is 0. The van der Waals surface area contributed by atoms with E-state index in [1.807, 2.05) is 0 Å². The molecule has 0 nitrogen and oxygen atoms in total. The van der Waals surface area contributed by atoms with Crippen molar-refractivity contribution in [3.05, 3.63) is 12.2 Å². The van der Waals surface area contributed by atoms with Gasteiger partial charge in [-0.15, -0.1) is 0 Å². The van der Waals surface area contributed by atoms with Crippen LogP contribution < -0.4 is 0 Å². The molecule has 0 amide bonds. The largest absolute Gasteiger partial charge is 0.0885 e. The molecule has 49 valence electrons. The van der Waals surface area contributed by atoms with Crippen molar-refractivity contribution in [3.63, 3.8) is 0 Å². The maximum Gasteiger partial charge on any atom is 0.0222 e. The lowest BCUT2D eigenvalue weighted by atomic mass is 9.92. The Hall–Kier alpha value is -0.0431. The molecule has 0 aliphatic heterocycles. The highest BCUT2D eigenvalue weighted by atomic mass is 28.1. The molecule has 1 aliphatic carbocycles. The molecule has 0 fully saturated rings. The van der Waals surface area contributed by atoms with E-state index in [-0.39, 0.29) is 0 Å². The minimum Gasteiger partial charge on any atom is -0.0885 e. The van der Waals surface area contributed by atoms with Crippen molar-refractivity contribution >= 4 is 10.2 Å². The van der Waals surface area contributed by atoms with Gasteiger partial charge in [0, 0.05) is 10.2 Å². The molecule has 0 saturated carbocycles. The van der Waals surface area contributed by atoms with Crippen molar-refractivity contribution in [2.75, 3.05) is 0 Å². The summed E-state index contributed by atoms with van der Waals surface area (Å²) in [5.41, 5.74) is 0. The first-order valence-corrected chi connectivity index (χ1v) is 4.44. The van der Waals surface area contributed by atoms with Gasteiger partial charge in [0.1, 0.15) is 0 Å². The summed E-state index contributed by atoms with van der Waals surface area (Å²) >= 11 is 0. The van der Waals surface area contributed by atoms with Gasteiger partial charge in [-0.1, -0.05) is 24.6 Å². The van der Waals surface area contributed by atoms with E-state index in [2.05, 4.69) is 22.4 Å². The van der Waals surface area contributed by atoms with Gasteiger partial charge in [-0.3, -0.25) is 0 Å². The lowest BCUT2D eigenvalue weighted by Gasteiger charge is -2.15. The normalized spacial score (nSPS) is 26.6. The number of hydrogen-bond donors (Lipinski definition) is 0. The smallest absolute Gasteiger partial charge is 0.0222 e. The van der Waals surface area contributed by atoms with Gasteiger partial charge >= 0.3 is 0 Å². The molecule has 1 atom stereocenters. The van der Waals surface area contributed by atoms with Crippen molar-refractivity contribution in [1.82, 2.24) is 0 Å². The average Bonchev–Trinajstić information content (AvgIpc) is 1.91. The molecule has 0 saturated heterocycles. The molecule has 0 aromatic rings. The molecule has 0 aromatic carbocycles. The highest BCUT2D eigenvalue weighted by Crippen LogP contribution is 2.21. The van der Waals surface area contributed by atoms with E-state index in [1.54, 1.807) is 0 Å². The predicted molar refractivity (Wildman–Crippen MR) is 41.7 cm³/mol. The fraction of sp³-hybridized carbons (Fsp3) is 0.750. The van der Waals surface area contributed by atoms with Crippen molar-refractivity contribution in [2.45, 2.75) is 31.7 Å². The van der Waals surface area contributed by atoms with Crippen LogP contribution in [0.25, 0.3) is 0 Å². The third kappa shape index (κ3) is 2.35. The summed E-state index contributed by atoms with van der Waals surface area (Å²) in [6, 6.07) is 1.17. The topological polar surface area (TPSA) is 0 Å². The zero-order valence-corrected chi connectivity index (χ0v) is 6.77. The minimum absolute atomic E-state index is 0.965. The van der Waals surface area contributed by atoms with E-state index in [1.165, 1.54) is 31.7 Å². The highest BCUT2D eigenvalue weighted by molar-refractivity contribution is 6.08. The van der Waals surface area contributed by atoms with Crippen LogP contribution >= 0.6 is 0 Å². The minimum atomic E-state index is 0.965. The Kier molecular flexibility index (Phi) is 3.05. The molecular weight excluding hydrogens is 124 g/mol. The Morgan fingerprint density at radius 1 is 1.44 bits per heavy atom. The zero-order valence-electron chi connectivity index (χ0n) is 5.77. The van der Waals surface area contributed by atoms with Crippen molar-refractivity contribution in [3.8, 4) is 0 Å². The zero-order chi connectivity index (χ0) is 6.53. The van der Waals surface area contributed by atoms with Crippen LogP contribution in [0.15, 0.2) is 12.2 Å². The summed E-state index contributed by atoms with van der Waals surface area (Å²) in [5, 5.41) is 0. The summed E-state index contributed by atoms with van der Waals surface area (Å²) in [6.45, 7) is 0. The molecule has 3 radical (unpaired) electrons. The Labute approximate surface area is 60.8 Å². The van der Waals surface area contributed by atoms with Crippen molar-refractivity contribution < 1.29 is 0 Å². The van der Waals surface area contributed by atoms with Gasteiger partial charge in [-0.05, 0) is 25.2 Å². The molecule has 1 aliphatic rings.